The number of hydrogen-bond acceptors (Lipinski definition) is 2. The minimum atomic E-state index is -1.63. The minimum absolute atomic E-state index is 0.0231. The fourth-order valence-corrected chi connectivity index (χ4v) is 1.28. The Bertz CT molecular complexity index is 354. The summed E-state index contributed by atoms with van der Waals surface area (Å²) < 4.78 is 13.3. The molecule has 4 heteroatoms. The summed E-state index contributed by atoms with van der Waals surface area (Å²) in [5, 5.41) is 8.92. The highest BCUT2D eigenvalue weighted by Gasteiger charge is 2.36. The predicted molar refractivity (Wildman–Crippen MR) is 50.2 cm³/mol. The third-order valence-corrected chi connectivity index (χ3v) is 2.29. The molecule has 0 aliphatic rings. The van der Waals surface area contributed by atoms with Crippen LogP contribution in [0.1, 0.15) is 18.9 Å². The Morgan fingerprint density at radius 3 is 2.57 bits per heavy atom. The first kappa shape index (κ1) is 10.7. The van der Waals surface area contributed by atoms with Gasteiger partial charge in [0.2, 0.25) is 0 Å². The zero-order valence-electron chi connectivity index (χ0n) is 7.83. The number of halogens is 1. The van der Waals surface area contributed by atoms with Crippen molar-refractivity contribution in [2.75, 3.05) is 0 Å². The third-order valence-electron chi connectivity index (χ3n) is 2.29. The molecule has 0 heterocycles. The Hall–Kier alpha value is -1.42. The van der Waals surface area contributed by atoms with Crippen LogP contribution in [-0.2, 0) is 10.3 Å². The smallest absolute Gasteiger partial charge is 0.328 e. The van der Waals surface area contributed by atoms with Crippen molar-refractivity contribution in [1.29, 1.82) is 0 Å². The zero-order valence-corrected chi connectivity index (χ0v) is 7.83. The average molecular weight is 197 g/mol. The van der Waals surface area contributed by atoms with Crippen LogP contribution >= 0.6 is 0 Å². The summed E-state index contributed by atoms with van der Waals surface area (Å²) in [5.41, 5.74) is 4.01. The van der Waals surface area contributed by atoms with Gasteiger partial charge in [-0.2, -0.15) is 0 Å². The van der Waals surface area contributed by atoms with Crippen LogP contribution in [0.5, 0.6) is 0 Å². The van der Waals surface area contributed by atoms with Crippen molar-refractivity contribution in [3.8, 4) is 0 Å². The molecular weight excluding hydrogens is 185 g/mol. The molecule has 0 fully saturated rings. The van der Waals surface area contributed by atoms with E-state index in [4.69, 9.17) is 10.8 Å². The molecule has 0 spiro atoms. The molecule has 0 aliphatic carbocycles. The van der Waals surface area contributed by atoms with E-state index < -0.39 is 17.3 Å². The normalized spacial score (nSPS) is 14.8. The summed E-state index contributed by atoms with van der Waals surface area (Å²) in [6.07, 6.45) is 0.142. The maximum Gasteiger partial charge on any atom is 0.328 e. The third kappa shape index (κ3) is 1.61. The number of carboxylic acid groups (broad SMARTS) is 1. The van der Waals surface area contributed by atoms with Crippen molar-refractivity contribution in [1.82, 2.24) is 0 Å². The summed E-state index contributed by atoms with van der Waals surface area (Å²) >= 11 is 0. The molecule has 3 nitrogen and oxygen atoms in total. The Morgan fingerprint density at radius 2 is 2.14 bits per heavy atom. The summed E-state index contributed by atoms with van der Waals surface area (Å²) in [6, 6.07) is 5.66. The number of aliphatic carboxylic acids is 1. The van der Waals surface area contributed by atoms with E-state index in [2.05, 4.69) is 0 Å². The maximum absolute atomic E-state index is 13.3. The van der Waals surface area contributed by atoms with E-state index in [0.717, 1.165) is 0 Å². The van der Waals surface area contributed by atoms with Crippen molar-refractivity contribution in [3.05, 3.63) is 35.6 Å². The Balaban J connectivity index is 3.26. The monoisotopic (exact) mass is 197 g/mol. The summed E-state index contributed by atoms with van der Waals surface area (Å²) in [6.45, 7) is 1.61. The van der Waals surface area contributed by atoms with E-state index in [1.165, 1.54) is 18.2 Å². The zero-order chi connectivity index (χ0) is 10.8. The average Bonchev–Trinajstić information content (AvgIpc) is 2.17. The van der Waals surface area contributed by atoms with Crippen LogP contribution in [0.3, 0.4) is 0 Å². The number of carboxylic acids is 1. The molecular formula is C10H12FNO2. The number of rotatable bonds is 3. The fraction of sp³-hybridized carbons (Fsp3) is 0.300. The first-order valence-electron chi connectivity index (χ1n) is 4.29. The largest absolute Gasteiger partial charge is 0.480 e. The SMILES string of the molecule is CC[C@](N)(C(=O)O)c1ccccc1F. The van der Waals surface area contributed by atoms with Crippen LogP contribution in [0.2, 0.25) is 0 Å². The lowest BCUT2D eigenvalue weighted by atomic mass is 9.88. The van der Waals surface area contributed by atoms with Gasteiger partial charge in [0.1, 0.15) is 11.4 Å². The van der Waals surface area contributed by atoms with Gasteiger partial charge in [-0.1, -0.05) is 25.1 Å². The molecule has 0 radical (unpaired) electrons. The molecule has 76 valence electrons. The lowest BCUT2D eigenvalue weighted by Crippen LogP contribution is -2.44. The standard InChI is InChI=1S/C10H12FNO2/c1-2-10(12,9(13)14)7-5-3-4-6-8(7)11/h3-6H,2,12H2,1H3,(H,13,14)/t10-/m1/s1. The van der Waals surface area contributed by atoms with Gasteiger partial charge in [-0.3, -0.25) is 0 Å². The van der Waals surface area contributed by atoms with Gasteiger partial charge in [0.15, 0.2) is 0 Å². The molecule has 0 saturated carbocycles. The van der Waals surface area contributed by atoms with Crippen LogP contribution in [0.15, 0.2) is 24.3 Å². The second-order valence-electron chi connectivity index (χ2n) is 3.11. The topological polar surface area (TPSA) is 63.3 Å². The highest BCUT2D eigenvalue weighted by atomic mass is 19.1. The fourth-order valence-electron chi connectivity index (χ4n) is 1.28. The van der Waals surface area contributed by atoms with Gasteiger partial charge >= 0.3 is 5.97 Å². The Morgan fingerprint density at radius 1 is 1.57 bits per heavy atom. The van der Waals surface area contributed by atoms with E-state index in [1.54, 1.807) is 13.0 Å². The molecule has 14 heavy (non-hydrogen) atoms. The number of benzene rings is 1. The van der Waals surface area contributed by atoms with Crippen molar-refractivity contribution in [3.63, 3.8) is 0 Å². The predicted octanol–water partition coefficient (Wildman–Crippen LogP) is 1.47. The molecule has 0 bridgehead atoms. The molecule has 0 aromatic heterocycles. The number of nitrogens with two attached hydrogens (primary N) is 1. The lowest BCUT2D eigenvalue weighted by molar-refractivity contribution is -0.144. The highest BCUT2D eigenvalue weighted by molar-refractivity contribution is 5.80. The van der Waals surface area contributed by atoms with E-state index in [-0.39, 0.29) is 12.0 Å². The van der Waals surface area contributed by atoms with Crippen LogP contribution < -0.4 is 5.73 Å². The molecule has 1 rings (SSSR count). The molecule has 1 aromatic carbocycles. The van der Waals surface area contributed by atoms with Crippen LogP contribution in [0.25, 0.3) is 0 Å². The van der Waals surface area contributed by atoms with Gasteiger partial charge in [-0.15, -0.1) is 0 Å². The van der Waals surface area contributed by atoms with Crippen molar-refractivity contribution < 1.29 is 14.3 Å². The molecule has 3 N–H and O–H groups in total. The number of carbonyl (C=O) groups is 1. The van der Waals surface area contributed by atoms with Gasteiger partial charge in [0.25, 0.3) is 0 Å². The lowest BCUT2D eigenvalue weighted by Gasteiger charge is -2.23. The van der Waals surface area contributed by atoms with Crippen molar-refractivity contribution in [2.45, 2.75) is 18.9 Å². The maximum atomic E-state index is 13.3. The molecule has 0 unspecified atom stereocenters. The second-order valence-corrected chi connectivity index (χ2v) is 3.11. The Labute approximate surface area is 81.4 Å². The van der Waals surface area contributed by atoms with Crippen molar-refractivity contribution >= 4 is 5.97 Å². The van der Waals surface area contributed by atoms with Gasteiger partial charge in [-0.25, -0.2) is 9.18 Å². The van der Waals surface area contributed by atoms with E-state index in [0.29, 0.717) is 0 Å². The van der Waals surface area contributed by atoms with Crippen LogP contribution in [0.4, 0.5) is 4.39 Å². The van der Waals surface area contributed by atoms with E-state index >= 15 is 0 Å². The first-order valence-corrected chi connectivity index (χ1v) is 4.29. The summed E-state index contributed by atoms with van der Waals surface area (Å²) in [4.78, 5) is 10.9. The van der Waals surface area contributed by atoms with Gasteiger partial charge < -0.3 is 10.8 Å². The minimum Gasteiger partial charge on any atom is -0.480 e. The van der Waals surface area contributed by atoms with Crippen LogP contribution in [0, 0.1) is 5.82 Å². The first-order chi connectivity index (χ1) is 6.52. The number of hydrogen-bond donors (Lipinski definition) is 2. The summed E-state index contributed by atoms with van der Waals surface area (Å²) in [7, 11) is 0. The molecule has 1 aromatic rings. The summed E-state index contributed by atoms with van der Waals surface area (Å²) in [5.74, 6) is -1.80. The van der Waals surface area contributed by atoms with Crippen molar-refractivity contribution in [2.24, 2.45) is 5.73 Å². The molecule has 0 amide bonds. The van der Waals surface area contributed by atoms with Gasteiger partial charge in [0.05, 0.1) is 0 Å². The highest BCUT2D eigenvalue weighted by Crippen LogP contribution is 2.24. The quantitative estimate of drug-likeness (QED) is 0.771. The molecule has 0 saturated heterocycles. The van der Waals surface area contributed by atoms with Gasteiger partial charge in [0, 0.05) is 5.56 Å². The second kappa shape index (κ2) is 3.75. The molecule has 1 atom stereocenters. The Kier molecular flexibility index (Phi) is 2.86. The van der Waals surface area contributed by atoms with E-state index in [9.17, 15) is 9.18 Å². The van der Waals surface area contributed by atoms with Gasteiger partial charge in [-0.05, 0) is 12.5 Å². The van der Waals surface area contributed by atoms with E-state index in [1.807, 2.05) is 0 Å². The van der Waals surface area contributed by atoms with Crippen LogP contribution in [-0.4, -0.2) is 11.1 Å². The molecule has 0 aliphatic heterocycles.